The highest BCUT2D eigenvalue weighted by atomic mass is 28.3. The fourth-order valence-corrected chi connectivity index (χ4v) is 6.17. The first-order valence-corrected chi connectivity index (χ1v) is 15.2. The van der Waals surface area contributed by atoms with Crippen LogP contribution in [0.15, 0.2) is 48.5 Å². The molecule has 0 aromatic heterocycles. The van der Waals surface area contributed by atoms with E-state index in [0.717, 1.165) is 29.5 Å². The number of carbonyl (C=O) groups excluding carboxylic acids is 2. The lowest BCUT2D eigenvalue weighted by Crippen LogP contribution is -2.41. The summed E-state index contributed by atoms with van der Waals surface area (Å²) in [5, 5.41) is 1.39. The Morgan fingerprint density at radius 3 is 2.15 bits per heavy atom. The molecule has 2 aromatic carbocycles. The Bertz CT molecular complexity index is 892. The van der Waals surface area contributed by atoms with E-state index in [4.69, 9.17) is 18.9 Å². The first-order valence-electron chi connectivity index (χ1n) is 12.0. The minimum atomic E-state index is -1.56. The Morgan fingerprint density at radius 1 is 0.912 bits per heavy atom. The van der Waals surface area contributed by atoms with E-state index in [1.54, 1.807) is 21.0 Å². The zero-order valence-corrected chi connectivity index (χ0v) is 22.1. The summed E-state index contributed by atoms with van der Waals surface area (Å²) in [6.45, 7) is 9.32. The SMILES string of the molecule is CCOC(=O)C(CCc1ccc(OCCC[Si](C)(C)c2cccc(OC)c2)cc1)C(=O)OCC. The summed E-state index contributed by atoms with van der Waals surface area (Å²) >= 11 is 0. The molecule has 0 atom stereocenters. The summed E-state index contributed by atoms with van der Waals surface area (Å²) < 4.78 is 21.4. The monoisotopic (exact) mass is 486 g/mol. The molecular formula is C27H38O6Si. The molecule has 7 heteroatoms. The molecule has 6 nitrogen and oxygen atoms in total. The maximum Gasteiger partial charge on any atom is 0.320 e. The van der Waals surface area contributed by atoms with Gasteiger partial charge in [-0.05, 0) is 62.9 Å². The number of methoxy groups -OCH3 is 1. The van der Waals surface area contributed by atoms with E-state index in [-0.39, 0.29) is 13.2 Å². The van der Waals surface area contributed by atoms with Crippen LogP contribution in [-0.4, -0.2) is 46.9 Å². The van der Waals surface area contributed by atoms with E-state index >= 15 is 0 Å². The van der Waals surface area contributed by atoms with Gasteiger partial charge in [-0.2, -0.15) is 0 Å². The zero-order valence-electron chi connectivity index (χ0n) is 21.1. The van der Waals surface area contributed by atoms with E-state index in [0.29, 0.717) is 19.4 Å². The van der Waals surface area contributed by atoms with Crippen molar-refractivity contribution in [2.24, 2.45) is 5.92 Å². The Labute approximate surface area is 204 Å². The van der Waals surface area contributed by atoms with Gasteiger partial charge in [-0.25, -0.2) is 0 Å². The van der Waals surface area contributed by atoms with E-state index in [1.807, 2.05) is 30.3 Å². The molecule has 0 bridgehead atoms. The molecule has 0 spiro atoms. The van der Waals surface area contributed by atoms with Gasteiger partial charge in [0.15, 0.2) is 5.92 Å². The topological polar surface area (TPSA) is 71.1 Å². The molecule has 34 heavy (non-hydrogen) atoms. The number of aryl methyl sites for hydroxylation is 1. The van der Waals surface area contributed by atoms with Crippen molar-refractivity contribution >= 4 is 25.2 Å². The fraction of sp³-hybridized carbons (Fsp3) is 0.481. The van der Waals surface area contributed by atoms with E-state index in [1.165, 1.54) is 5.19 Å². The summed E-state index contributed by atoms with van der Waals surface area (Å²) in [6, 6.07) is 17.3. The van der Waals surface area contributed by atoms with Crippen molar-refractivity contribution in [1.29, 1.82) is 0 Å². The van der Waals surface area contributed by atoms with Crippen LogP contribution < -0.4 is 14.7 Å². The normalized spacial score (nSPS) is 11.2. The molecule has 0 amide bonds. The first kappa shape index (κ1) is 27.4. The van der Waals surface area contributed by atoms with Gasteiger partial charge in [-0.1, -0.05) is 48.6 Å². The predicted molar refractivity (Wildman–Crippen MR) is 137 cm³/mol. The number of hydrogen-bond donors (Lipinski definition) is 0. The number of rotatable bonds is 14. The lowest BCUT2D eigenvalue weighted by Gasteiger charge is -2.23. The molecule has 0 radical (unpaired) electrons. The molecule has 2 rings (SSSR count). The first-order chi connectivity index (χ1) is 16.3. The van der Waals surface area contributed by atoms with E-state index < -0.39 is 25.9 Å². The van der Waals surface area contributed by atoms with Gasteiger partial charge in [-0.15, -0.1) is 0 Å². The maximum atomic E-state index is 12.1. The zero-order chi connectivity index (χ0) is 25.0. The van der Waals surface area contributed by atoms with Crippen LogP contribution in [0.25, 0.3) is 0 Å². The summed E-state index contributed by atoms with van der Waals surface area (Å²) in [4.78, 5) is 24.3. The average molecular weight is 487 g/mol. The third kappa shape index (κ3) is 8.52. The summed E-state index contributed by atoms with van der Waals surface area (Å²) in [5.41, 5.74) is 1.03. The summed E-state index contributed by atoms with van der Waals surface area (Å²) in [5.74, 6) is -0.224. The summed E-state index contributed by atoms with van der Waals surface area (Å²) in [7, 11) is 0.138. The highest BCUT2D eigenvalue weighted by Gasteiger charge is 2.29. The molecule has 186 valence electrons. The van der Waals surface area contributed by atoms with Crippen LogP contribution in [-0.2, 0) is 25.5 Å². The molecular weight excluding hydrogens is 448 g/mol. The lowest BCUT2D eigenvalue weighted by molar-refractivity contribution is -0.161. The highest BCUT2D eigenvalue weighted by Crippen LogP contribution is 2.19. The Balaban J connectivity index is 1.82. The van der Waals surface area contributed by atoms with Crippen LogP contribution in [0.3, 0.4) is 0 Å². The number of hydrogen-bond acceptors (Lipinski definition) is 6. The van der Waals surface area contributed by atoms with Crippen molar-refractivity contribution < 1.29 is 28.5 Å². The molecule has 0 saturated heterocycles. The van der Waals surface area contributed by atoms with E-state index in [9.17, 15) is 9.59 Å². The molecule has 0 heterocycles. The Kier molecular flexibility index (Phi) is 11.1. The second-order valence-corrected chi connectivity index (χ2v) is 13.7. The third-order valence-electron chi connectivity index (χ3n) is 5.85. The van der Waals surface area contributed by atoms with Gasteiger partial charge < -0.3 is 18.9 Å². The van der Waals surface area contributed by atoms with Crippen molar-refractivity contribution in [3.63, 3.8) is 0 Å². The largest absolute Gasteiger partial charge is 0.497 e. The highest BCUT2D eigenvalue weighted by molar-refractivity contribution is 6.89. The van der Waals surface area contributed by atoms with E-state index in [2.05, 4.69) is 31.3 Å². The minimum Gasteiger partial charge on any atom is -0.497 e. The van der Waals surface area contributed by atoms with Crippen LogP contribution in [0, 0.1) is 5.92 Å². The predicted octanol–water partition coefficient (Wildman–Crippen LogP) is 4.75. The maximum absolute atomic E-state index is 12.1. The van der Waals surface area contributed by atoms with Crippen LogP contribution >= 0.6 is 0 Å². The van der Waals surface area contributed by atoms with Gasteiger partial charge in [0.25, 0.3) is 0 Å². The van der Waals surface area contributed by atoms with Crippen molar-refractivity contribution in [3.05, 3.63) is 54.1 Å². The summed E-state index contributed by atoms with van der Waals surface area (Å²) in [6.07, 6.45) is 1.91. The Hall–Kier alpha value is -2.80. The molecule has 0 aliphatic heterocycles. The number of ether oxygens (including phenoxy) is 4. The van der Waals surface area contributed by atoms with Crippen molar-refractivity contribution in [1.82, 2.24) is 0 Å². The molecule has 0 aliphatic rings. The van der Waals surface area contributed by atoms with Crippen molar-refractivity contribution in [3.8, 4) is 11.5 Å². The molecule has 2 aromatic rings. The Morgan fingerprint density at radius 2 is 1.56 bits per heavy atom. The van der Waals surface area contributed by atoms with Gasteiger partial charge in [0, 0.05) is 0 Å². The molecule has 0 N–H and O–H groups in total. The van der Waals surface area contributed by atoms with Gasteiger partial charge >= 0.3 is 11.9 Å². The van der Waals surface area contributed by atoms with Gasteiger partial charge in [0.05, 0.1) is 35.0 Å². The fourth-order valence-electron chi connectivity index (χ4n) is 3.77. The molecule has 0 unspecified atom stereocenters. The number of benzene rings is 2. The second kappa shape index (κ2) is 13.8. The average Bonchev–Trinajstić information content (AvgIpc) is 2.83. The smallest absolute Gasteiger partial charge is 0.320 e. The van der Waals surface area contributed by atoms with Crippen LogP contribution in [0.2, 0.25) is 19.1 Å². The molecule has 0 aliphatic carbocycles. The van der Waals surface area contributed by atoms with Crippen molar-refractivity contribution in [2.75, 3.05) is 26.9 Å². The van der Waals surface area contributed by atoms with Crippen LogP contribution in [0.1, 0.15) is 32.3 Å². The van der Waals surface area contributed by atoms with Gasteiger partial charge in [0.2, 0.25) is 0 Å². The van der Waals surface area contributed by atoms with Crippen LogP contribution in [0.5, 0.6) is 11.5 Å². The van der Waals surface area contributed by atoms with Crippen LogP contribution in [0.4, 0.5) is 0 Å². The van der Waals surface area contributed by atoms with Gasteiger partial charge in [0.1, 0.15) is 11.5 Å². The third-order valence-corrected chi connectivity index (χ3v) is 9.33. The van der Waals surface area contributed by atoms with Crippen molar-refractivity contribution in [2.45, 2.75) is 52.2 Å². The number of esters is 2. The molecule has 0 saturated carbocycles. The molecule has 0 fully saturated rings. The standard InChI is InChI=1S/C27H38O6Si/c1-6-31-26(28)25(27(29)32-7-2)17-14-21-12-15-22(16-13-21)33-18-9-19-34(4,5)24-11-8-10-23(20-24)30-3/h8,10-13,15-16,20,25H,6-7,9,14,17-19H2,1-5H3. The number of carbonyl (C=O) groups is 2. The second-order valence-electron chi connectivity index (χ2n) is 8.81. The quantitative estimate of drug-likeness (QED) is 0.166. The lowest BCUT2D eigenvalue weighted by atomic mass is 9.99. The van der Waals surface area contributed by atoms with Gasteiger partial charge in [-0.3, -0.25) is 9.59 Å². The minimum absolute atomic E-state index is 0.236.